The lowest BCUT2D eigenvalue weighted by molar-refractivity contribution is -0.137. The van der Waals surface area contributed by atoms with Crippen molar-refractivity contribution in [3.63, 3.8) is 0 Å². The summed E-state index contributed by atoms with van der Waals surface area (Å²) in [5, 5.41) is 13.5. The van der Waals surface area contributed by atoms with Crippen molar-refractivity contribution in [2.45, 2.75) is 26.4 Å². The maximum Gasteiger partial charge on any atom is 0.417 e. The first-order valence-electron chi connectivity index (χ1n) is 6.20. The van der Waals surface area contributed by atoms with E-state index in [1.807, 2.05) is 0 Å². The molecule has 0 heterocycles. The maximum atomic E-state index is 13.0. The van der Waals surface area contributed by atoms with Crippen LogP contribution in [0.5, 0.6) is 0 Å². The van der Waals surface area contributed by atoms with Gasteiger partial charge in [-0.1, -0.05) is 19.0 Å². The van der Waals surface area contributed by atoms with Gasteiger partial charge in [-0.15, -0.1) is 0 Å². The molecule has 0 saturated heterocycles. The fourth-order valence-electron chi connectivity index (χ4n) is 1.58. The smallest absolute Gasteiger partial charge is 0.409 e. The molecule has 1 atom stereocenters. The summed E-state index contributed by atoms with van der Waals surface area (Å²) in [6.45, 7) is 3.47. The number of halogens is 3. The number of benzene rings is 1. The zero-order chi connectivity index (χ0) is 16.2. The van der Waals surface area contributed by atoms with E-state index in [4.69, 9.17) is 10.9 Å². The second-order valence-corrected chi connectivity index (χ2v) is 4.54. The Labute approximate surface area is 119 Å². The molecule has 1 unspecified atom stereocenters. The van der Waals surface area contributed by atoms with E-state index in [1.54, 1.807) is 13.8 Å². The van der Waals surface area contributed by atoms with Crippen LogP contribution in [-0.2, 0) is 11.0 Å². The fourth-order valence-corrected chi connectivity index (χ4v) is 1.58. The van der Waals surface area contributed by atoms with Gasteiger partial charge in [0, 0.05) is 17.2 Å². The maximum absolute atomic E-state index is 13.0. The van der Waals surface area contributed by atoms with Crippen LogP contribution in [0.2, 0.25) is 0 Å². The van der Waals surface area contributed by atoms with Gasteiger partial charge in [0.2, 0.25) is 5.91 Å². The minimum atomic E-state index is -4.69. The Kier molecular flexibility index (Phi) is 5.17. The van der Waals surface area contributed by atoms with E-state index in [2.05, 4.69) is 10.5 Å². The van der Waals surface area contributed by atoms with Crippen LogP contribution in [0.1, 0.15) is 31.4 Å². The van der Waals surface area contributed by atoms with E-state index in [-0.39, 0.29) is 17.5 Å². The van der Waals surface area contributed by atoms with E-state index in [0.29, 0.717) is 6.42 Å². The van der Waals surface area contributed by atoms with Crippen LogP contribution in [0, 0.1) is 5.92 Å². The third kappa shape index (κ3) is 4.11. The minimum absolute atomic E-state index is 0.00196. The highest BCUT2D eigenvalue weighted by Gasteiger charge is 2.34. The Morgan fingerprint density at radius 2 is 2.10 bits per heavy atom. The number of anilines is 1. The van der Waals surface area contributed by atoms with Crippen LogP contribution in [0.3, 0.4) is 0 Å². The fraction of sp³-hybridized carbons (Fsp3) is 0.385. The highest BCUT2D eigenvalue weighted by atomic mass is 19.4. The molecule has 1 rings (SSSR count). The summed E-state index contributed by atoms with van der Waals surface area (Å²) in [4.78, 5) is 11.7. The third-order valence-electron chi connectivity index (χ3n) is 3.04. The van der Waals surface area contributed by atoms with Gasteiger partial charge in [-0.25, -0.2) is 0 Å². The van der Waals surface area contributed by atoms with Crippen LogP contribution < -0.4 is 11.1 Å². The molecule has 0 saturated carbocycles. The number of alkyl halides is 3. The monoisotopic (exact) mass is 303 g/mol. The molecule has 5 nitrogen and oxygen atoms in total. The summed E-state index contributed by atoms with van der Waals surface area (Å²) < 4.78 is 38.9. The van der Waals surface area contributed by atoms with Crippen LogP contribution >= 0.6 is 0 Å². The summed E-state index contributed by atoms with van der Waals surface area (Å²) in [7, 11) is 0. The molecular weight excluding hydrogens is 287 g/mol. The molecule has 1 aromatic rings. The molecule has 1 aromatic carbocycles. The number of nitrogens with zero attached hydrogens (tertiary/aromatic N) is 1. The lowest BCUT2D eigenvalue weighted by Gasteiger charge is -2.15. The summed E-state index contributed by atoms with van der Waals surface area (Å²) in [5.74, 6) is -1.34. The van der Waals surface area contributed by atoms with Crippen molar-refractivity contribution in [1.29, 1.82) is 0 Å². The molecule has 8 heteroatoms. The molecule has 0 aliphatic carbocycles. The largest absolute Gasteiger partial charge is 0.417 e. The van der Waals surface area contributed by atoms with E-state index in [1.165, 1.54) is 6.07 Å². The van der Waals surface area contributed by atoms with Crippen molar-refractivity contribution in [2.24, 2.45) is 16.8 Å². The van der Waals surface area contributed by atoms with Crippen molar-refractivity contribution in [3.05, 3.63) is 29.3 Å². The van der Waals surface area contributed by atoms with Crippen LogP contribution in [0.4, 0.5) is 18.9 Å². The molecule has 0 aliphatic rings. The number of carbonyl (C=O) groups is 1. The quantitative estimate of drug-likeness (QED) is 0.346. The topological polar surface area (TPSA) is 87.7 Å². The molecule has 4 N–H and O–H groups in total. The van der Waals surface area contributed by atoms with E-state index < -0.39 is 23.1 Å². The lowest BCUT2D eigenvalue weighted by atomic mass is 10.0. The first-order valence-corrected chi connectivity index (χ1v) is 6.20. The number of nitrogens with two attached hydrogens (primary N) is 1. The number of hydrogen-bond donors (Lipinski definition) is 3. The average molecular weight is 303 g/mol. The van der Waals surface area contributed by atoms with Gasteiger partial charge in [-0.05, 0) is 24.6 Å². The average Bonchev–Trinajstić information content (AvgIpc) is 2.44. The van der Waals surface area contributed by atoms with Gasteiger partial charge < -0.3 is 16.3 Å². The molecule has 0 aliphatic heterocycles. The summed E-state index contributed by atoms with van der Waals surface area (Å²) in [5.41, 5.74) is 3.69. The SMILES string of the molecule is CCC(C)C(=O)Nc1ccc(C(N)=NO)c(C(F)(F)F)c1. The number of hydrogen-bond acceptors (Lipinski definition) is 3. The van der Waals surface area contributed by atoms with Crippen LogP contribution in [-0.4, -0.2) is 17.0 Å². The van der Waals surface area contributed by atoms with Crippen LogP contribution in [0.15, 0.2) is 23.4 Å². The predicted molar refractivity (Wildman–Crippen MR) is 72.0 cm³/mol. The molecule has 0 aromatic heterocycles. The second kappa shape index (κ2) is 6.47. The van der Waals surface area contributed by atoms with Gasteiger partial charge in [-0.2, -0.15) is 13.2 Å². The molecule has 116 valence electrons. The lowest BCUT2D eigenvalue weighted by Crippen LogP contribution is -2.22. The second-order valence-electron chi connectivity index (χ2n) is 4.54. The number of nitrogens with one attached hydrogen (secondary N) is 1. The van der Waals surface area contributed by atoms with Crippen LogP contribution in [0.25, 0.3) is 0 Å². The van der Waals surface area contributed by atoms with Gasteiger partial charge in [0.15, 0.2) is 5.84 Å². The Morgan fingerprint density at radius 3 is 2.57 bits per heavy atom. The van der Waals surface area contributed by atoms with Gasteiger partial charge in [0.25, 0.3) is 0 Å². The number of oxime groups is 1. The Morgan fingerprint density at radius 1 is 1.48 bits per heavy atom. The van der Waals surface area contributed by atoms with Crippen molar-refractivity contribution >= 4 is 17.4 Å². The summed E-state index contributed by atoms with van der Waals surface area (Å²) in [6, 6.07) is 3.07. The highest BCUT2D eigenvalue weighted by molar-refractivity contribution is 5.99. The normalized spacial score (nSPS) is 13.9. The minimum Gasteiger partial charge on any atom is -0.409 e. The van der Waals surface area contributed by atoms with Gasteiger partial charge in [0.05, 0.1) is 5.56 Å². The number of rotatable bonds is 4. The zero-order valence-electron chi connectivity index (χ0n) is 11.5. The zero-order valence-corrected chi connectivity index (χ0v) is 11.5. The molecule has 0 bridgehead atoms. The number of amides is 1. The molecular formula is C13H16F3N3O2. The van der Waals surface area contributed by atoms with E-state index >= 15 is 0 Å². The Hall–Kier alpha value is -2.25. The van der Waals surface area contributed by atoms with E-state index in [0.717, 1.165) is 12.1 Å². The van der Waals surface area contributed by atoms with Gasteiger partial charge in [-0.3, -0.25) is 4.79 Å². The van der Waals surface area contributed by atoms with E-state index in [9.17, 15) is 18.0 Å². The predicted octanol–water partition coefficient (Wildman–Crippen LogP) is 2.78. The first kappa shape index (κ1) is 16.8. The number of carbonyl (C=O) groups excluding carboxylic acids is 1. The standard InChI is InChI=1S/C13H16F3N3O2/c1-3-7(2)12(20)18-8-4-5-9(11(17)19-21)10(6-8)13(14,15)16/h4-7,21H,3H2,1-2H3,(H2,17,19)(H,18,20). The number of amidine groups is 1. The summed E-state index contributed by atoms with van der Waals surface area (Å²) >= 11 is 0. The van der Waals surface area contributed by atoms with Gasteiger partial charge in [0.1, 0.15) is 0 Å². The molecule has 0 spiro atoms. The molecule has 0 fully saturated rings. The van der Waals surface area contributed by atoms with Gasteiger partial charge >= 0.3 is 6.18 Å². The Balaban J connectivity index is 3.20. The highest BCUT2D eigenvalue weighted by Crippen LogP contribution is 2.34. The Bertz CT molecular complexity index is 556. The first-order chi connectivity index (χ1) is 9.70. The third-order valence-corrected chi connectivity index (χ3v) is 3.04. The summed E-state index contributed by atoms with van der Waals surface area (Å²) in [6.07, 6.45) is -4.12. The van der Waals surface area contributed by atoms with Crippen molar-refractivity contribution in [3.8, 4) is 0 Å². The van der Waals surface area contributed by atoms with Crippen molar-refractivity contribution in [2.75, 3.05) is 5.32 Å². The van der Waals surface area contributed by atoms with Crippen molar-refractivity contribution < 1.29 is 23.2 Å². The molecule has 21 heavy (non-hydrogen) atoms. The molecule has 1 amide bonds. The van der Waals surface area contributed by atoms with Crippen molar-refractivity contribution in [1.82, 2.24) is 0 Å². The molecule has 0 radical (unpaired) electrons.